The van der Waals surface area contributed by atoms with Crippen molar-refractivity contribution in [2.45, 2.75) is 13.0 Å². The van der Waals surface area contributed by atoms with E-state index in [2.05, 4.69) is 15.3 Å². The summed E-state index contributed by atoms with van der Waals surface area (Å²) in [6.07, 6.45) is 3.46. The number of benzene rings is 2. The zero-order valence-corrected chi connectivity index (χ0v) is 14.4. The number of aromatic nitrogens is 2. The largest absolute Gasteiger partial charge is 0.505 e. The molecule has 1 atom stereocenters. The van der Waals surface area contributed by atoms with Crippen LogP contribution < -0.4 is 5.32 Å². The molecule has 0 aliphatic carbocycles. The Morgan fingerprint density at radius 1 is 0.846 bits per heavy atom. The van der Waals surface area contributed by atoms with Crippen molar-refractivity contribution in [3.63, 3.8) is 0 Å². The van der Waals surface area contributed by atoms with E-state index in [0.717, 1.165) is 27.9 Å². The summed E-state index contributed by atoms with van der Waals surface area (Å²) in [4.78, 5) is 8.80. The van der Waals surface area contributed by atoms with Crippen LogP contribution in [0.25, 0.3) is 10.9 Å². The predicted octanol–water partition coefficient (Wildman–Crippen LogP) is 4.85. The highest BCUT2D eigenvalue weighted by atomic mass is 16.3. The molecule has 2 aromatic heterocycles. The number of hydrogen-bond donors (Lipinski definition) is 2. The van der Waals surface area contributed by atoms with Gasteiger partial charge >= 0.3 is 0 Å². The third-order valence-electron chi connectivity index (χ3n) is 4.51. The first kappa shape index (κ1) is 16.1. The summed E-state index contributed by atoms with van der Waals surface area (Å²) in [5.74, 6) is 0.986. The van der Waals surface area contributed by atoms with Gasteiger partial charge in [-0.25, -0.2) is 4.98 Å². The van der Waals surface area contributed by atoms with Crippen LogP contribution in [0.4, 0.5) is 5.82 Å². The summed E-state index contributed by atoms with van der Waals surface area (Å²) in [6, 6.07) is 21.5. The van der Waals surface area contributed by atoms with Crippen molar-refractivity contribution in [1.29, 1.82) is 0 Å². The molecule has 0 radical (unpaired) electrons. The first-order chi connectivity index (χ1) is 12.7. The van der Waals surface area contributed by atoms with E-state index in [1.165, 1.54) is 0 Å². The van der Waals surface area contributed by atoms with Crippen molar-refractivity contribution in [1.82, 2.24) is 9.97 Å². The van der Waals surface area contributed by atoms with E-state index in [9.17, 15) is 5.11 Å². The van der Waals surface area contributed by atoms with E-state index in [4.69, 9.17) is 0 Å². The lowest BCUT2D eigenvalue weighted by Gasteiger charge is -2.22. The van der Waals surface area contributed by atoms with Crippen molar-refractivity contribution in [2.75, 3.05) is 5.32 Å². The lowest BCUT2D eigenvalue weighted by molar-refractivity contribution is 0.471. The first-order valence-corrected chi connectivity index (χ1v) is 8.54. The van der Waals surface area contributed by atoms with Crippen LogP contribution in [0, 0.1) is 6.92 Å². The van der Waals surface area contributed by atoms with E-state index >= 15 is 0 Å². The Kier molecular flexibility index (Phi) is 4.23. The van der Waals surface area contributed by atoms with Gasteiger partial charge < -0.3 is 10.4 Å². The third kappa shape index (κ3) is 2.97. The molecule has 0 spiro atoms. The Morgan fingerprint density at radius 2 is 1.62 bits per heavy atom. The molecule has 128 valence electrons. The highest BCUT2D eigenvalue weighted by Gasteiger charge is 2.20. The van der Waals surface area contributed by atoms with Gasteiger partial charge in [-0.15, -0.1) is 0 Å². The van der Waals surface area contributed by atoms with E-state index in [1.807, 2.05) is 73.7 Å². The summed E-state index contributed by atoms with van der Waals surface area (Å²) < 4.78 is 0. The number of anilines is 1. The molecule has 26 heavy (non-hydrogen) atoms. The number of rotatable bonds is 4. The fraction of sp³-hybridized carbons (Fsp3) is 0.0909. The highest BCUT2D eigenvalue weighted by molar-refractivity contribution is 5.86. The molecule has 0 aliphatic heterocycles. The van der Waals surface area contributed by atoms with E-state index in [-0.39, 0.29) is 11.8 Å². The fourth-order valence-electron chi connectivity index (χ4n) is 3.14. The molecule has 0 aliphatic rings. The van der Waals surface area contributed by atoms with Gasteiger partial charge in [-0.05, 0) is 30.2 Å². The van der Waals surface area contributed by atoms with Gasteiger partial charge in [0.2, 0.25) is 0 Å². The average Bonchev–Trinajstić information content (AvgIpc) is 2.69. The highest BCUT2D eigenvalue weighted by Crippen LogP contribution is 2.36. The monoisotopic (exact) mass is 341 g/mol. The molecule has 1 unspecified atom stereocenters. The van der Waals surface area contributed by atoms with Crippen LogP contribution in [0.5, 0.6) is 5.75 Å². The minimum absolute atomic E-state index is 0.193. The van der Waals surface area contributed by atoms with E-state index in [1.54, 1.807) is 12.4 Å². The summed E-state index contributed by atoms with van der Waals surface area (Å²) in [5.41, 5.74) is 3.47. The fourth-order valence-corrected chi connectivity index (χ4v) is 3.14. The van der Waals surface area contributed by atoms with Crippen molar-refractivity contribution in [3.8, 4) is 5.75 Å². The number of aryl methyl sites for hydroxylation is 1. The minimum Gasteiger partial charge on any atom is -0.505 e. The van der Waals surface area contributed by atoms with Crippen molar-refractivity contribution in [2.24, 2.45) is 0 Å². The zero-order chi connectivity index (χ0) is 17.9. The number of pyridine rings is 2. The molecule has 0 bridgehead atoms. The Labute approximate surface area is 152 Å². The van der Waals surface area contributed by atoms with Crippen LogP contribution in [-0.4, -0.2) is 15.1 Å². The molecule has 2 aromatic carbocycles. The molecule has 2 heterocycles. The third-order valence-corrected chi connectivity index (χ3v) is 4.51. The molecule has 0 fully saturated rings. The molecule has 4 rings (SSSR count). The number of phenols is 1. The topological polar surface area (TPSA) is 58.0 Å². The van der Waals surface area contributed by atoms with Gasteiger partial charge in [0.15, 0.2) is 0 Å². The SMILES string of the molecule is Cc1cccnc1NC(c1ccccc1)c1ccc2cccnc2c1O. The Balaban J connectivity index is 1.86. The van der Waals surface area contributed by atoms with Crippen molar-refractivity contribution in [3.05, 3.63) is 95.8 Å². The molecule has 0 saturated heterocycles. The second-order valence-electron chi connectivity index (χ2n) is 6.24. The molecule has 2 N–H and O–H groups in total. The molecule has 4 heteroatoms. The van der Waals surface area contributed by atoms with Gasteiger partial charge in [-0.2, -0.15) is 0 Å². The number of hydrogen-bond acceptors (Lipinski definition) is 4. The molecule has 4 nitrogen and oxygen atoms in total. The van der Waals surface area contributed by atoms with Gasteiger partial charge in [0, 0.05) is 23.3 Å². The number of fused-ring (bicyclic) bond motifs is 1. The lowest BCUT2D eigenvalue weighted by atomic mass is 9.96. The average molecular weight is 341 g/mol. The van der Waals surface area contributed by atoms with Gasteiger partial charge in [0.1, 0.15) is 17.1 Å². The maximum absolute atomic E-state index is 10.9. The smallest absolute Gasteiger partial charge is 0.147 e. The second-order valence-corrected chi connectivity index (χ2v) is 6.24. The molecule has 4 aromatic rings. The van der Waals surface area contributed by atoms with Crippen LogP contribution in [-0.2, 0) is 0 Å². The number of phenolic OH excluding ortho intramolecular Hbond substituents is 1. The number of nitrogens with one attached hydrogen (secondary N) is 1. The maximum Gasteiger partial charge on any atom is 0.147 e. The Hall–Kier alpha value is -3.40. The normalized spacial score (nSPS) is 12.0. The summed E-state index contributed by atoms with van der Waals surface area (Å²) in [7, 11) is 0. The first-order valence-electron chi connectivity index (χ1n) is 8.54. The summed E-state index contributed by atoms with van der Waals surface area (Å²) in [6.45, 7) is 2.01. The quantitative estimate of drug-likeness (QED) is 0.557. The Morgan fingerprint density at radius 3 is 2.42 bits per heavy atom. The lowest BCUT2D eigenvalue weighted by Crippen LogP contribution is -2.14. The van der Waals surface area contributed by atoms with Gasteiger partial charge in [0.25, 0.3) is 0 Å². The predicted molar refractivity (Wildman–Crippen MR) is 104 cm³/mol. The molecule has 0 saturated carbocycles. The molecular formula is C22H19N3O. The van der Waals surface area contributed by atoms with Crippen molar-refractivity contribution >= 4 is 16.7 Å². The van der Waals surface area contributed by atoms with Gasteiger partial charge in [-0.1, -0.05) is 54.6 Å². The van der Waals surface area contributed by atoms with Crippen LogP contribution in [0.15, 0.2) is 79.1 Å². The minimum atomic E-state index is -0.240. The number of aromatic hydroxyl groups is 1. The van der Waals surface area contributed by atoms with Crippen LogP contribution in [0.2, 0.25) is 0 Å². The number of nitrogens with zero attached hydrogens (tertiary/aromatic N) is 2. The second kappa shape index (κ2) is 6.84. The summed E-state index contributed by atoms with van der Waals surface area (Å²) in [5, 5.41) is 15.3. The van der Waals surface area contributed by atoms with Crippen molar-refractivity contribution < 1.29 is 5.11 Å². The Bertz CT molecular complexity index is 1050. The standard InChI is InChI=1S/C22H19N3O/c1-15-7-5-14-24-22(15)25-19(16-8-3-2-4-9-16)18-12-11-17-10-6-13-23-20(17)21(18)26/h2-14,19,26H,1H3,(H,24,25). The van der Waals surface area contributed by atoms with Crippen LogP contribution >= 0.6 is 0 Å². The van der Waals surface area contributed by atoms with Gasteiger partial charge in [0.05, 0.1) is 6.04 Å². The maximum atomic E-state index is 10.9. The zero-order valence-electron chi connectivity index (χ0n) is 14.4. The van der Waals surface area contributed by atoms with Crippen LogP contribution in [0.3, 0.4) is 0 Å². The molecule has 0 amide bonds. The summed E-state index contributed by atoms with van der Waals surface area (Å²) >= 11 is 0. The van der Waals surface area contributed by atoms with Gasteiger partial charge in [-0.3, -0.25) is 4.98 Å². The van der Waals surface area contributed by atoms with Crippen LogP contribution in [0.1, 0.15) is 22.7 Å². The van der Waals surface area contributed by atoms with E-state index < -0.39 is 0 Å². The van der Waals surface area contributed by atoms with E-state index in [0.29, 0.717) is 5.52 Å². The molecular weight excluding hydrogens is 322 g/mol.